The summed E-state index contributed by atoms with van der Waals surface area (Å²) in [5.74, 6) is -0.923. The van der Waals surface area contributed by atoms with Crippen molar-refractivity contribution in [2.45, 2.75) is 0 Å². The standard InChI is InChI=1S/C20H15N3O2S/c1-22-15(11-13-7-5-6-10-17(13)22)12-16-18(24)21-20(26)23(19(16)25)14-8-3-2-4-9-14/h2-12H,1H3,(H,21,24,26)/b16-12+. The van der Waals surface area contributed by atoms with Crippen molar-refractivity contribution >= 4 is 51.8 Å². The van der Waals surface area contributed by atoms with Crippen molar-refractivity contribution < 1.29 is 9.59 Å². The Bertz CT molecular complexity index is 1080. The summed E-state index contributed by atoms with van der Waals surface area (Å²) in [5.41, 5.74) is 2.46. The molecule has 6 heteroatoms. The minimum atomic E-state index is -0.488. The van der Waals surface area contributed by atoms with Crippen LogP contribution in [-0.2, 0) is 16.6 Å². The lowest BCUT2D eigenvalue weighted by Crippen LogP contribution is -2.54. The van der Waals surface area contributed by atoms with Crippen LogP contribution in [0.4, 0.5) is 5.69 Å². The molecule has 0 saturated carbocycles. The Morgan fingerprint density at radius 2 is 1.69 bits per heavy atom. The lowest BCUT2D eigenvalue weighted by Gasteiger charge is -2.28. The van der Waals surface area contributed by atoms with E-state index in [4.69, 9.17) is 12.2 Å². The Balaban J connectivity index is 1.80. The van der Waals surface area contributed by atoms with Gasteiger partial charge in [-0.05, 0) is 42.6 Å². The normalized spacial score (nSPS) is 16.4. The maximum Gasteiger partial charge on any atom is 0.270 e. The van der Waals surface area contributed by atoms with E-state index in [2.05, 4.69) is 5.32 Å². The van der Waals surface area contributed by atoms with Gasteiger partial charge in [0.15, 0.2) is 5.11 Å². The Morgan fingerprint density at radius 1 is 1.00 bits per heavy atom. The molecule has 2 aromatic carbocycles. The predicted octanol–water partition coefficient (Wildman–Crippen LogP) is 3.01. The molecule has 0 bridgehead atoms. The van der Waals surface area contributed by atoms with Gasteiger partial charge in [-0.1, -0.05) is 36.4 Å². The fourth-order valence-electron chi connectivity index (χ4n) is 3.07. The van der Waals surface area contributed by atoms with Crippen LogP contribution in [0.25, 0.3) is 17.0 Å². The largest absolute Gasteiger partial charge is 0.344 e. The third-order valence-electron chi connectivity index (χ3n) is 4.40. The minimum Gasteiger partial charge on any atom is -0.344 e. The summed E-state index contributed by atoms with van der Waals surface area (Å²) in [6.07, 6.45) is 1.61. The van der Waals surface area contributed by atoms with Crippen LogP contribution in [0.2, 0.25) is 0 Å². The number of amides is 2. The molecule has 1 saturated heterocycles. The first kappa shape index (κ1) is 16.2. The maximum absolute atomic E-state index is 13.0. The van der Waals surface area contributed by atoms with E-state index >= 15 is 0 Å². The molecule has 0 aliphatic carbocycles. The number of anilines is 1. The number of nitrogens with zero attached hydrogens (tertiary/aromatic N) is 2. The summed E-state index contributed by atoms with van der Waals surface area (Å²) < 4.78 is 1.95. The third-order valence-corrected chi connectivity index (χ3v) is 4.68. The van der Waals surface area contributed by atoms with Crippen molar-refractivity contribution in [3.05, 3.63) is 71.9 Å². The first-order valence-electron chi connectivity index (χ1n) is 8.07. The Kier molecular flexibility index (Phi) is 3.89. The maximum atomic E-state index is 13.0. The average Bonchev–Trinajstić information content (AvgIpc) is 2.95. The van der Waals surface area contributed by atoms with Gasteiger partial charge in [0, 0.05) is 23.6 Å². The van der Waals surface area contributed by atoms with E-state index in [-0.39, 0.29) is 10.7 Å². The quantitative estimate of drug-likeness (QED) is 0.434. The predicted molar refractivity (Wildman–Crippen MR) is 106 cm³/mol. The Labute approximate surface area is 155 Å². The van der Waals surface area contributed by atoms with Crippen LogP contribution in [0.15, 0.2) is 66.2 Å². The summed E-state index contributed by atoms with van der Waals surface area (Å²) in [6.45, 7) is 0. The zero-order chi connectivity index (χ0) is 18.3. The fraction of sp³-hybridized carbons (Fsp3) is 0.0500. The highest BCUT2D eigenvalue weighted by Gasteiger charge is 2.34. The molecule has 128 valence electrons. The summed E-state index contributed by atoms with van der Waals surface area (Å²) in [4.78, 5) is 26.7. The van der Waals surface area contributed by atoms with Crippen LogP contribution >= 0.6 is 12.2 Å². The van der Waals surface area contributed by atoms with Crippen molar-refractivity contribution in [3.63, 3.8) is 0 Å². The summed E-state index contributed by atoms with van der Waals surface area (Å²) in [5, 5.41) is 3.73. The SMILES string of the molecule is Cn1c(/C=C2\C(=O)NC(=S)N(c3ccccc3)C2=O)cc2ccccc21. The fourth-order valence-corrected chi connectivity index (χ4v) is 3.35. The molecule has 1 N–H and O–H groups in total. The highest BCUT2D eigenvalue weighted by Crippen LogP contribution is 2.24. The average molecular weight is 361 g/mol. The van der Waals surface area contributed by atoms with Gasteiger partial charge in [-0.3, -0.25) is 19.8 Å². The van der Waals surface area contributed by atoms with Crippen LogP contribution < -0.4 is 10.2 Å². The van der Waals surface area contributed by atoms with Crippen LogP contribution in [0.3, 0.4) is 0 Å². The van der Waals surface area contributed by atoms with Crippen LogP contribution in [0.1, 0.15) is 5.69 Å². The second-order valence-corrected chi connectivity index (χ2v) is 6.37. The van der Waals surface area contributed by atoms with Gasteiger partial charge in [-0.25, -0.2) is 0 Å². The molecule has 1 aliphatic heterocycles. The number of carbonyl (C=O) groups excluding carboxylic acids is 2. The molecule has 4 rings (SSSR count). The lowest BCUT2D eigenvalue weighted by atomic mass is 10.1. The molecule has 2 heterocycles. The van der Waals surface area contributed by atoms with Gasteiger partial charge in [0.2, 0.25) is 0 Å². The van der Waals surface area contributed by atoms with E-state index in [1.165, 1.54) is 4.90 Å². The lowest BCUT2D eigenvalue weighted by molar-refractivity contribution is -0.122. The third kappa shape index (κ3) is 2.60. The van der Waals surface area contributed by atoms with E-state index in [0.29, 0.717) is 5.69 Å². The molecular formula is C20H15N3O2S. The second kappa shape index (κ2) is 6.24. The van der Waals surface area contributed by atoms with E-state index in [0.717, 1.165) is 16.6 Å². The van der Waals surface area contributed by atoms with Crippen LogP contribution in [-0.4, -0.2) is 21.5 Å². The summed E-state index contributed by atoms with van der Waals surface area (Å²) >= 11 is 5.20. The number of rotatable bonds is 2. The number of benzene rings is 2. The number of hydrogen-bond donors (Lipinski definition) is 1. The monoisotopic (exact) mass is 361 g/mol. The van der Waals surface area contributed by atoms with Crippen molar-refractivity contribution in [3.8, 4) is 0 Å². The van der Waals surface area contributed by atoms with E-state index < -0.39 is 11.8 Å². The summed E-state index contributed by atoms with van der Waals surface area (Å²) in [7, 11) is 1.90. The molecule has 1 fully saturated rings. The van der Waals surface area contributed by atoms with E-state index in [1.807, 2.05) is 60.1 Å². The number of aryl methyl sites for hydroxylation is 1. The van der Waals surface area contributed by atoms with E-state index in [9.17, 15) is 9.59 Å². The van der Waals surface area contributed by atoms with Crippen molar-refractivity contribution in [1.29, 1.82) is 0 Å². The van der Waals surface area contributed by atoms with Gasteiger partial charge in [0.05, 0.1) is 5.69 Å². The molecule has 0 spiro atoms. The minimum absolute atomic E-state index is 0.0494. The first-order valence-corrected chi connectivity index (χ1v) is 8.48. The first-order chi connectivity index (χ1) is 12.6. The van der Waals surface area contributed by atoms with E-state index in [1.54, 1.807) is 18.2 Å². The zero-order valence-corrected chi connectivity index (χ0v) is 14.8. The second-order valence-electron chi connectivity index (χ2n) is 5.98. The molecule has 1 aliphatic rings. The number of carbonyl (C=O) groups is 2. The summed E-state index contributed by atoms with van der Waals surface area (Å²) in [6, 6.07) is 18.9. The van der Waals surface area contributed by atoms with Crippen molar-refractivity contribution in [2.75, 3.05) is 4.90 Å². The molecule has 0 radical (unpaired) electrons. The number of fused-ring (bicyclic) bond motifs is 1. The zero-order valence-electron chi connectivity index (χ0n) is 14.0. The molecule has 0 atom stereocenters. The van der Waals surface area contributed by atoms with Crippen molar-refractivity contribution in [2.24, 2.45) is 7.05 Å². The number of thiocarbonyl (C=S) groups is 1. The number of para-hydroxylation sites is 2. The molecule has 0 unspecified atom stereocenters. The smallest absolute Gasteiger partial charge is 0.270 e. The highest BCUT2D eigenvalue weighted by atomic mass is 32.1. The molecule has 26 heavy (non-hydrogen) atoms. The number of hydrogen-bond acceptors (Lipinski definition) is 3. The number of nitrogens with one attached hydrogen (secondary N) is 1. The van der Waals surface area contributed by atoms with Gasteiger partial charge in [0.1, 0.15) is 5.57 Å². The number of aromatic nitrogens is 1. The molecule has 1 aromatic heterocycles. The molecule has 5 nitrogen and oxygen atoms in total. The van der Waals surface area contributed by atoms with Gasteiger partial charge in [-0.2, -0.15) is 0 Å². The van der Waals surface area contributed by atoms with Gasteiger partial charge < -0.3 is 4.57 Å². The van der Waals surface area contributed by atoms with Crippen molar-refractivity contribution in [1.82, 2.24) is 9.88 Å². The Morgan fingerprint density at radius 3 is 2.42 bits per heavy atom. The van der Waals surface area contributed by atoms with Crippen LogP contribution in [0.5, 0.6) is 0 Å². The van der Waals surface area contributed by atoms with Gasteiger partial charge >= 0.3 is 0 Å². The van der Waals surface area contributed by atoms with Gasteiger partial charge in [0.25, 0.3) is 11.8 Å². The highest BCUT2D eigenvalue weighted by molar-refractivity contribution is 7.80. The molecule has 3 aromatic rings. The molecule has 2 amide bonds. The van der Waals surface area contributed by atoms with Crippen LogP contribution in [0, 0.1) is 0 Å². The van der Waals surface area contributed by atoms with Gasteiger partial charge in [-0.15, -0.1) is 0 Å². The topological polar surface area (TPSA) is 54.3 Å². The molecular weight excluding hydrogens is 346 g/mol. The Hall–Kier alpha value is -3.25.